The SMILES string of the molecule is CCOC(=O)/C=C(C)/C=C/C=C(/c1cc2c(cc1OC)C(C)(C)CCC2(C)C)C(F)(F)F. The Morgan fingerprint density at radius 2 is 1.66 bits per heavy atom. The van der Waals surface area contributed by atoms with Gasteiger partial charge in [-0.15, -0.1) is 0 Å². The van der Waals surface area contributed by atoms with Crippen LogP contribution in [0.3, 0.4) is 0 Å². The van der Waals surface area contributed by atoms with Crippen molar-refractivity contribution < 1.29 is 27.4 Å². The molecule has 0 heterocycles. The van der Waals surface area contributed by atoms with Crippen LogP contribution < -0.4 is 4.74 Å². The highest BCUT2D eigenvalue weighted by atomic mass is 19.4. The lowest BCUT2D eigenvalue weighted by Gasteiger charge is -2.42. The monoisotopic (exact) mass is 450 g/mol. The molecule has 0 bridgehead atoms. The number of fused-ring (bicyclic) bond motifs is 1. The van der Waals surface area contributed by atoms with Crippen LogP contribution in [-0.4, -0.2) is 25.9 Å². The van der Waals surface area contributed by atoms with Gasteiger partial charge in [-0.3, -0.25) is 0 Å². The summed E-state index contributed by atoms with van der Waals surface area (Å²) in [6, 6.07) is 3.41. The number of methoxy groups -OCH3 is 1. The molecule has 1 aliphatic carbocycles. The summed E-state index contributed by atoms with van der Waals surface area (Å²) in [5.41, 5.74) is 1.27. The van der Waals surface area contributed by atoms with E-state index >= 15 is 0 Å². The number of hydrogen-bond acceptors (Lipinski definition) is 3. The van der Waals surface area contributed by atoms with Crippen molar-refractivity contribution >= 4 is 11.5 Å². The Kier molecular flexibility index (Phi) is 7.69. The lowest BCUT2D eigenvalue weighted by Crippen LogP contribution is -2.34. The number of hydrogen-bond donors (Lipinski definition) is 0. The maximum absolute atomic E-state index is 14.1. The highest BCUT2D eigenvalue weighted by Crippen LogP contribution is 2.49. The second-order valence-corrected chi connectivity index (χ2v) is 9.44. The molecule has 0 atom stereocenters. The molecule has 0 fully saturated rings. The Labute approximate surface area is 189 Å². The first-order chi connectivity index (χ1) is 14.7. The zero-order chi connectivity index (χ0) is 24.3. The molecule has 0 unspecified atom stereocenters. The topological polar surface area (TPSA) is 35.5 Å². The van der Waals surface area contributed by atoms with E-state index in [0.717, 1.165) is 30.0 Å². The minimum absolute atomic E-state index is 0.0150. The minimum Gasteiger partial charge on any atom is -0.496 e. The summed E-state index contributed by atoms with van der Waals surface area (Å²) in [4.78, 5) is 11.5. The van der Waals surface area contributed by atoms with E-state index in [1.54, 1.807) is 26.0 Å². The third-order valence-corrected chi connectivity index (χ3v) is 6.02. The van der Waals surface area contributed by atoms with Crippen molar-refractivity contribution in [1.82, 2.24) is 0 Å². The highest BCUT2D eigenvalue weighted by Gasteiger charge is 2.41. The highest BCUT2D eigenvalue weighted by molar-refractivity contribution is 5.83. The second kappa shape index (κ2) is 9.55. The number of benzene rings is 1. The van der Waals surface area contributed by atoms with Crippen LogP contribution in [0.15, 0.2) is 42.0 Å². The fraction of sp³-hybridized carbons (Fsp3) is 0.500. The van der Waals surface area contributed by atoms with E-state index in [1.807, 2.05) is 0 Å². The molecule has 0 aliphatic heterocycles. The van der Waals surface area contributed by atoms with Gasteiger partial charge >= 0.3 is 12.1 Å². The summed E-state index contributed by atoms with van der Waals surface area (Å²) in [5, 5.41) is 0. The second-order valence-electron chi connectivity index (χ2n) is 9.44. The molecule has 0 aromatic heterocycles. The van der Waals surface area contributed by atoms with Gasteiger partial charge in [0.1, 0.15) is 5.75 Å². The van der Waals surface area contributed by atoms with Crippen molar-refractivity contribution in [2.45, 2.75) is 71.4 Å². The first-order valence-corrected chi connectivity index (χ1v) is 10.8. The molecule has 32 heavy (non-hydrogen) atoms. The number of rotatable bonds is 6. The van der Waals surface area contributed by atoms with Gasteiger partial charge < -0.3 is 9.47 Å². The van der Waals surface area contributed by atoms with Gasteiger partial charge in [-0.05, 0) is 72.4 Å². The zero-order valence-corrected chi connectivity index (χ0v) is 19.9. The molecule has 3 nitrogen and oxygen atoms in total. The van der Waals surface area contributed by atoms with E-state index in [4.69, 9.17) is 9.47 Å². The Bertz CT molecular complexity index is 948. The summed E-state index contributed by atoms with van der Waals surface area (Å²) in [6.45, 7) is 11.9. The van der Waals surface area contributed by atoms with E-state index in [2.05, 4.69) is 27.7 Å². The number of halogens is 3. The fourth-order valence-electron chi connectivity index (χ4n) is 4.02. The molecular weight excluding hydrogens is 417 g/mol. The predicted molar refractivity (Wildman–Crippen MR) is 122 cm³/mol. The third-order valence-electron chi connectivity index (χ3n) is 6.02. The van der Waals surface area contributed by atoms with Crippen molar-refractivity contribution in [3.8, 4) is 5.75 Å². The van der Waals surface area contributed by atoms with Crippen LogP contribution in [0.25, 0.3) is 5.57 Å². The first kappa shape index (κ1) is 25.8. The van der Waals surface area contributed by atoms with Crippen LogP contribution in [0, 0.1) is 0 Å². The van der Waals surface area contributed by atoms with Crippen LogP contribution in [-0.2, 0) is 20.4 Å². The van der Waals surface area contributed by atoms with E-state index in [1.165, 1.54) is 25.3 Å². The van der Waals surface area contributed by atoms with Gasteiger partial charge in [0.2, 0.25) is 0 Å². The summed E-state index contributed by atoms with van der Waals surface area (Å²) in [6.07, 6.45) is 2.26. The molecule has 0 spiro atoms. The van der Waals surface area contributed by atoms with E-state index in [-0.39, 0.29) is 28.7 Å². The molecule has 1 aliphatic rings. The number of ether oxygens (including phenoxy) is 2. The van der Waals surface area contributed by atoms with Crippen LogP contribution >= 0.6 is 0 Å². The molecule has 0 saturated carbocycles. The fourth-order valence-corrected chi connectivity index (χ4v) is 4.02. The summed E-state index contributed by atoms with van der Waals surface area (Å²) < 4.78 is 52.5. The van der Waals surface area contributed by atoms with E-state index < -0.39 is 17.7 Å². The van der Waals surface area contributed by atoms with Crippen molar-refractivity contribution in [1.29, 1.82) is 0 Å². The van der Waals surface area contributed by atoms with Crippen LogP contribution in [0.1, 0.15) is 71.1 Å². The van der Waals surface area contributed by atoms with Crippen molar-refractivity contribution in [2.24, 2.45) is 0 Å². The van der Waals surface area contributed by atoms with Crippen LogP contribution in [0.5, 0.6) is 5.75 Å². The lowest BCUT2D eigenvalue weighted by atomic mass is 9.62. The first-order valence-electron chi connectivity index (χ1n) is 10.8. The Balaban J connectivity index is 2.61. The molecule has 0 radical (unpaired) electrons. The Morgan fingerprint density at radius 3 is 2.16 bits per heavy atom. The van der Waals surface area contributed by atoms with Crippen LogP contribution in [0.2, 0.25) is 0 Å². The summed E-state index contributed by atoms with van der Waals surface area (Å²) in [5.74, 6) is -0.332. The number of allylic oxidation sites excluding steroid dienone is 5. The Morgan fingerprint density at radius 1 is 1.09 bits per heavy atom. The average Bonchev–Trinajstić information content (AvgIpc) is 2.67. The quantitative estimate of drug-likeness (QED) is 0.264. The van der Waals surface area contributed by atoms with Gasteiger partial charge in [0.15, 0.2) is 0 Å². The van der Waals surface area contributed by atoms with E-state index in [0.29, 0.717) is 5.57 Å². The van der Waals surface area contributed by atoms with Gasteiger partial charge in [-0.2, -0.15) is 13.2 Å². The van der Waals surface area contributed by atoms with Crippen molar-refractivity contribution in [3.63, 3.8) is 0 Å². The maximum Gasteiger partial charge on any atom is 0.417 e. The number of carbonyl (C=O) groups excluding carboxylic acids is 1. The maximum atomic E-state index is 14.1. The number of esters is 1. The average molecular weight is 451 g/mol. The molecule has 1 aromatic rings. The van der Waals surface area contributed by atoms with Gasteiger partial charge in [0.25, 0.3) is 0 Å². The number of alkyl halides is 3. The molecule has 0 saturated heterocycles. The predicted octanol–water partition coefficient (Wildman–Crippen LogP) is 7.06. The summed E-state index contributed by atoms with van der Waals surface area (Å²) >= 11 is 0. The Hall–Kier alpha value is -2.50. The summed E-state index contributed by atoms with van der Waals surface area (Å²) in [7, 11) is 1.39. The molecule has 0 N–H and O–H groups in total. The van der Waals surface area contributed by atoms with E-state index in [9.17, 15) is 18.0 Å². The largest absolute Gasteiger partial charge is 0.496 e. The van der Waals surface area contributed by atoms with Gasteiger partial charge in [-0.25, -0.2) is 4.79 Å². The molecular formula is C26H33F3O3. The molecule has 1 aromatic carbocycles. The smallest absolute Gasteiger partial charge is 0.417 e. The van der Waals surface area contributed by atoms with Crippen LogP contribution in [0.4, 0.5) is 13.2 Å². The van der Waals surface area contributed by atoms with Crippen molar-refractivity contribution in [3.05, 3.63) is 58.7 Å². The standard InChI is InChI=1S/C26H33F3O3/c1-8-32-23(30)14-17(2)10-9-11-19(26(27,28)29)18-15-20-21(16-22(18)31-7)25(5,6)13-12-24(20,3)4/h9-11,14-16H,8,12-13H2,1-7H3/b10-9+,17-14+,19-11-. The zero-order valence-electron chi connectivity index (χ0n) is 19.9. The molecule has 176 valence electrons. The van der Waals surface area contributed by atoms with Gasteiger partial charge in [0, 0.05) is 11.6 Å². The third kappa shape index (κ3) is 5.84. The normalized spacial score (nSPS) is 18.4. The molecule has 2 rings (SSSR count). The minimum atomic E-state index is -4.58. The van der Waals surface area contributed by atoms with Gasteiger partial charge in [0.05, 0.1) is 19.3 Å². The van der Waals surface area contributed by atoms with Crippen molar-refractivity contribution in [2.75, 3.05) is 13.7 Å². The lowest BCUT2D eigenvalue weighted by molar-refractivity contribution is -0.137. The molecule has 0 amide bonds. The molecule has 6 heteroatoms. The number of carbonyl (C=O) groups is 1. The van der Waals surface area contributed by atoms with Gasteiger partial charge in [-0.1, -0.05) is 39.8 Å².